The number of nitrogens with one attached hydrogen (secondary N) is 1. The van der Waals surface area contributed by atoms with Crippen molar-refractivity contribution in [3.05, 3.63) is 48.6 Å². The first kappa shape index (κ1) is 45.3. The molecule has 0 aromatic heterocycles. The van der Waals surface area contributed by atoms with E-state index < -0.39 is 24.2 Å². The van der Waals surface area contributed by atoms with Gasteiger partial charge in [0.2, 0.25) is 5.91 Å². The molecule has 0 aliphatic rings. The van der Waals surface area contributed by atoms with Crippen LogP contribution in [-0.2, 0) is 4.79 Å². The Morgan fingerprint density at radius 2 is 0.936 bits per heavy atom. The maximum absolute atomic E-state index is 12.4. The van der Waals surface area contributed by atoms with Crippen molar-refractivity contribution in [2.24, 2.45) is 0 Å². The van der Waals surface area contributed by atoms with E-state index in [0.29, 0.717) is 6.42 Å². The third-order valence-corrected chi connectivity index (χ3v) is 8.92. The minimum Gasteiger partial charge on any atom is -0.394 e. The third kappa shape index (κ3) is 32.6. The zero-order valence-corrected chi connectivity index (χ0v) is 30.9. The molecule has 0 radical (unpaired) electrons. The van der Waals surface area contributed by atoms with Crippen LogP contribution in [0.3, 0.4) is 0 Å². The maximum atomic E-state index is 12.4. The van der Waals surface area contributed by atoms with Gasteiger partial charge in [0.15, 0.2) is 0 Å². The van der Waals surface area contributed by atoms with E-state index >= 15 is 0 Å². The first-order valence-electron chi connectivity index (χ1n) is 20.0. The first-order valence-corrected chi connectivity index (χ1v) is 20.0. The van der Waals surface area contributed by atoms with E-state index in [9.17, 15) is 20.1 Å². The number of unbranched alkanes of at least 4 members (excludes halogenated alkanes) is 22. The molecule has 0 saturated carbocycles. The van der Waals surface area contributed by atoms with Gasteiger partial charge in [-0.15, -0.1) is 0 Å². The Balaban J connectivity index is 3.78. The fraction of sp³-hybridized carbons (Fsp3) is 0.786. The number of rotatable bonds is 35. The molecule has 0 aliphatic heterocycles. The summed E-state index contributed by atoms with van der Waals surface area (Å²) in [5.74, 6) is -0.520. The molecule has 3 unspecified atom stereocenters. The molecule has 0 saturated heterocycles. The molecule has 47 heavy (non-hydrogen) atoms. The van der Waals surface area contributed by atoms with Gasteiger partial charge in [-0.3, -0.25) is 4.79 Å². The predicted octanol–water partition coefficient (Wildman–Crippen LogP) is 11.0. The van der Waals surface area contributed by atoms with Gasteiger partial charge >= 0.3 is 0 Å². The van der Waals surface area contributed by atoms with E-state index in [1.165, 1.54) is 128 Å². The van der Waals surface area contributed by atoms with Crippen LogP contribution in [0.1, 0.15) is 187 Å². The molecule has 274 valence electrons. The second-order valence-corrected chi connectivity index (χ2v) is 13.5. The van der Waals surface area contributed by atoms with Gasteiger partial charge < -0.3 is 20.6 Å². The molecule has 1 amide bonds. The number of aliphatic hydroxyl groups excluding tert-OH is 3. The molecule has 0 rings (SSSR count). The summed E-state index contributed by atoms with van der Waals surface area (Å²) < 4.78 is 0. The Bertz CT molecular complexity index is 775. The molecule has 4 N–H and O–H groups in total. The topological polar surface area (TPSA) is 89.8 Å². The SMILES string of the molecule is CCCCC/C=C\C=C/CCCCCCCCCCCC(O)C(=O)NC(CO)C(O)/C=C/CC/C=C/CCCCCCCCCCC. The molecule has 0 aromatic rings. The average molecular weight is 660 g/mol. The highest BCUT2D eigenvalue weighted by Crippen LogP contribution is 2.13. The molecule has 0 aliphatic carbocycles. The van der Waals surface area contributed by atoms with Crippen LogP contribution in [0.15, 0.2) is 48.6 Å². The van der Waals surface area contributed by atoms with Gasteiger partial charge in [-0.2, -0.15) is 0 Å². The Morgan fingerprint density at radius 3 is 1.47 bits per heavy atom. The molecule has 3 atom stereocenters. The van der Waals surface area contributed by atoms with Crippen molar-refractivity contribution in [2.45, 2.75) is 205 Å². The Morgan fingerprint density at radius 1 is 0.532 bits per heavy atom. The van der Waals surface area contributed by atoms with Crippen molar-refractivity contribution in [2.75, 3.05) is 6.61 Å². The van der Waals surface area contributed by atoms with Crippen LogP contribution in [0, 0.1) is 0 Å². The number of aliphatic hydroxyl groups is 3. The van der Waals surface area contributed by atoms with Gasteiger partial charge in [0.05, 0.1) is 18.8 Å². The van der Waals surface area contributed by atoms with Crippen LogP contribution in [0.25, 0.3) is 0 Å². The summed E-state index contributed by atoms with van der Waals surface area (Å²) in [6, 6.07) is -0.816. The quantitative estimate of drug-likeness (QED) is 0.0310. The first-order chi connectivity index (χ1) is 23.1. The summed E-state index contributed by atoms with van der Waals surface area (Å²) in [4.78, 5) is 12.4. The van der Waals surface area contributed by atoms with E-state index in [4.69, 9.17) is 0 Å². The van der Waals surface area contributed by atoms with Crippen LogP contribution >= 0.6 is 0 Å². The smallest absolute Gasteiger partial charge is 0.249 e. The molecule has 0 bridgehead atoms. The number of hydrogen-bond acceptors (Lipinski definition) is 4. The summed E-state index contributed by atoms with van der Waals surface area (Å²) in [5, 5.41) is 33.0. The molecular formula is C42H77NO4. The lowest BCUT2D eigenvalue weighted by atomic mass is 10.0. The Hall–Kier alpha value is -1.69. The van der Waals surface area contributed by atoms with Crippen LogP contribution in [0.4, 0.5) is 0 Å². The molecule has 0 heterocycles. The Kier molecular flexibility index (Phi) is 35.8. The maximum Gasteiger partial charge on any atom is 0.249 e. The highest BCUT2D eigenvalue weighted by atomic mass is 16.3. The van der Waals surface area contributed by atoms with Crippen LogP contribution < -0.4 is 5.32 Å². The molecule has 0 spiro atoms. The zero-order valence-electron chi connectivity index (χ0n) is 30.9. The summed E-state index contributed by atoms with van der Waals surface area (Å²) in [5.41, 5.74) is 0. The van der Waals surface area contributed by atoms with E-state index in [1.54, 1.807) is 6.08 Å². The monoisotopic (exact) mass is 660 g/mol. The van der Waals surface area contributed by atoms with Crippen LogP contribution in [-0.4, -0.2) is 46.1 Å². The third-order valence-electron chi connectivity index (χ3n) is 8.92. The number of carbonyl (C=O) groups excluding carboxylic acids is 1. The summed E-state index contributed by atoms with van der Waals surface area (Å²) >= 11 is 0. The lowest BCUT2D eigenvalue weighted by Gasteiger charge is -2.21. The van der Waals surface area contributed by atoms with Gasteiger partial charge in [-0.05, 0) is 57.8 Å². The van der Waals surface area contributed by atoms with Crippen molar-refractivity contribution in [1.29, 1.82) is 0 Å². The molecular weight excluding hydrogens is 582 g/mol. The summed E-state index contributed by atoms with van der Waals surface area (Å²) in [6.45, 7) is 4.12. The van der Waals surface area contributed by atoms with Crippen molar-refractivity contribution in [3.63, 3.8) is 0 Å². The van der Waals surface area contributed by atoms with Crippen molar-refractivity contribution in [3.8, 4) is 0 Å². The Labute approximate surface area is 291 Å². The molecule has 0 fully saturated rings. The lowest BCUT2D eigenvalue weighted by Crippen LogP contribution is -2.48. The zero-order chi connectivity index (χ0) is 34.5. The number of carbonyl (C=O) groups is 1. The minimum absolute atomic E-state index is 0.379. The fourth-order valence-electron chi connectivity index (χ4n) is 5.72. The normalized spacial score (nSPS) is 14.2. The van der Waals surface area contributed by atoms with Crippen LogP contribution in [0.2, 0.25) is 0 Å². The predicted molar refractivity (Wildman–Crippen MR) is 204 cm³/mol. The largest absolute Gasteiger partial charge is 0.394 e. The highest BCUT2D eigenvalue weighted by molar-refractivity contribution is 5.80. The van der Waals surface area contributed by atoms with E-state index in [2.05, 4.69) is 55.6 Å². The highest BCUT2D eigenvalue weighted by Gasteiger charge is 2.22. The second kappa shape index (κ2) is 37.1. The van der Waals surface area contributed by atoms with Crippen molar-refractivity contribution in [1.82, 2.24) is 5.32 Å². The summed E-state index contributed by atoms with van der Waals surface area (Å²) in [7, 11) is 0. The summed E-state index contributed by atoms with van der Waals surface area (Å²) in [6.07, 6.45) is 47.0. The van der Waals surface area contributed by atoms with Gasteiger partial charge in [0.25, 0.3) is 0 Å². The number of amides is 1. The van der Waals surface area contributed by atoms with Crippen molar-refractivity contribution < 1.29 is 20.1 Å². The van der Waals surface area contributed by atoms with Gasteiger partial charge in [-0.25, -0.2) is 0 Å². The average Bonchev–Trinajstić information content (AvgIpc) is 3.07. The molecule has 5 nitrogen and oxygen atoms in total. The van der Waals surface area contributed by atoms with Crippen LogP contribution in [0.5, 0.6) is 0 Å². The van der Waals surface area contributed by atoms with Gasteiger partial charge in [0.1, 0.15) is 6.10 Å². The van der Waals surface area contributed by atoms with Gasteiger partial charge in [-0.1, -0.05) is 178 Å². The number of allylic oxidation sites excluding steroid dienone is 7. The standard InChI is InChI=1S/C42H77NO4/c1-3-5-7-9-11-13-15-17-19-20-21-23-25-27-29-31-33-35-37-41(46)42(47)43-39(38-44)40(45)36-34-32-30-28-26-24-22-18-16-14-12-10-8-6-4-2/h11,13,15,17,26,28,34,36,39-41,44-46H,3-10,12,14,16,18-25,27,29-33,35,37-38H2,1-2H3,(H,43,47)/b13-11-,17-15-,28-26+,36-34+. The van der Waals surface area contributed by atoms with E-state index in [0.717, 1.165) is 38.5 Å². The lowest BCUT2D eigenvalue weighted by molar-refractivity contribution is -0.131. The second-order valence-electron chi connectivity index (χ2n) is 13.5. The molecule has 5 heteroatoms. The van der Waals surface area contributed by atoms with Crippen molar-refractivity contribution >= 4 is 5.91 Å². The van der Waals surface area contributed by atoms with Gasteiger partial charge in [0, 0.05) is 0 Å². The fourth-order valence-corrected chi connectivity index (χ4v) is 5.72. The number of hydrogen-bond donors (Lipinski definition) is 4. The van der Waals surface area contributed by atoms with E-state index in [1.807, 2.05) is 6.08 Å². The van der Waals surface area contributed by atoms with E-state index in [-0.39, 0.29) is 6.61 Å². The molecule has 0 aromatic carbocycles. The minimum atomic E-state index is -1.11.